The lowest BCUT2D eigenvalue weighted by molar-refractivity contribution is -0.157. The molecule has 2 atom stereocenters. The Morgan fingerprint density at radius 1 is 1.32 bits per heavy atom. The van der Waals surface area contributed by atoms with Crippen LogP contribution in [0.3, 0.4) is 0 Å². The summed E-state index contributed by atoms with van der Waals surface area (Å²) in [6, 6.07) is 11.7. The van der Waals surface area contributed by atoms with E-state index in [2.05, 4.69) is 10.4 Å². The molecule has 4 rings (SSSR count). The Kier molecular flexibility index (Phi) is 4.01. The number of nitrogens with one attached hydrogen (secondary N) is 1. The smallest absolute Gasteiger partial charge is 0.246 e. The van der Waals surface area contributed by atoms with Crippen LogP contribution in [-0.2, 0) is 26.4 Å². The maximum absolute atomic E-state index is 12.6. The Labute approximate surface area is 145 Å². The number of benzene rings is 1. The Morgan fingerprint density at radius 3 is 2.92 bits per heavy atom. The number of hydrogen-bond donors (Lipinski definition) is 1. The summed E-state index contributed by atoms with van der Waals surface area (Å²) in [5.41, 5.74) is 0.450. The molecule has 2 aliphatic rings. The summed E-state index contributed by atoms with van der Waals surface area (Å²) in [7, 11) is 0. The van der Waals surface area contributed by atoms with Crippen LogP contribution in [0.25, 0.3) is 0 Å². The second-order valence-corrected chi connectivity index (χ2v) is 6.48. The van der Waals surface area contributed by atoms with E-state index >= 15 is 0 Å². The van der Waals surface area contributed by atoms with Crippen LogP contribution in [0.4, 0.5) is 0 Å². The largest absolute Gasteiger partial charge is 0.364 e. The maximum atomic E-state index is 12.6. The van der Waals surface area contributed by atoms with E-state index in [0.29, 0.717) is 19.5 Å². The van der Waals surface area contributed by atoms with Crippen LogP contribution in [0, 0.1) is 0 Å². The number of morpholine rings is 1. The van der Waals surface area contributed by atoms with Gasteiger partial charge in [0.15, 0.2) is 0 Å². The lowest BCUT2D eigenvalue weighted by Gasteiger charge is -2.50. The zero-order valence-electron chi connectivity index (χ0n) is 13.8. The van der Waals surface area contributed by atoms with E-state index < -0.39 is 5.54 Å². The number of piperidine rings is 1. The molecule has 25 heavy (non-hydrogen) atoms. The van der Waals surface area contributed by atoms with Crippen molar-refractivity contribution >= 4 is 11.8 Å². The van der Waals surface area contributed by atoms with Gasteiger partial charge in [-0.1, -0.05) is 30.3 Å². The maximum Gasteiger partial charge on any atom is 0.246 e. The highest BCUT2D eigenvalue weighted by molar-refractivity contribution is 5.80. The quantitative estimate of drug-likeness (QED) is 0.884. The van der Waals surface area contributed by atoms with Crippen LogP contribution in [0.2, 0.25) is 0 Å². The Hall–Kier alpha value is -2.67. The number of fused-ring (bicyclic) bond motifs is 1. The first-order valence-corrected chi connectivity index (χ1v) is 8.41. The van der Waals surface area contributed by atoms with Gasteiger partial charge >= 0.3 is 0 Å². The van der Waals surface area contributed by atoms with Crippen LogP contribution in [0.1, 0.15) is 12.0 Å². The Bertz CT molecular complexity index is 762. The third-order valence-corrected chi connectivity index (χ3v) is 4.99. The van der Waals surface area contributed by atoms with Gasteiger partial charge in [-0.05, 0) is 18.1 Å². The van der Waals surface area contributed by atoms with E-state index in [1.54, 1.807) is 28.0 Å². The molecule has 3 heterocycles. The van der Waals surface area contributed by atoms with Crippen molar-refractivity contribution in [3.8, 4) is 0 Å². The zero-order valence-corrected chi connectivity index (χ0v) is 13.8. The monoisotopic (exact) mass is 340 g/mol. The van der Waals surface area contributed by atoms with Crippen LogP contribution in [0.5, 0.6) is 0 Å². The van der Waals surface area contributed by atoms with Gasteiger partial charge < -0.3 is 15.0 Å². The first-order valence-electron chi connectivity index (χ1n) is 8.41. The summed E-state index contributed by atoms with van der Waals surface area (Å²) >= 11 is 0. The highest BCUT2D eigenvalue weighted by atomic mass is 16.5. The van der Waals surface area contributed by atoms with E-state index in [1.165, 1.54) is 0 Å². The Balaban J connectivity index is 1.55. The molecule has 2 amide bonds. The number of aromatic nitrogens is 2. The fourth-order valence-electron chi connectivity index (χ4n) is 3.72. The number of ether oxygens (including phenoxy) is 1. The van der Waals surface area contributed by atoms with Crippen molar-refractivity contribution in [3.63, 3.8) is 0 Å². The molecule has 7 nitrogen and oxygen atoms in total. The van der Waals surface area contributed by atoms with Gasteiger partial charge in [0.2, 0.25) is 11.8 Å². The molecule has 0 aliphatic carbocycles. The van der Waals surface area contributed by atoms with Crippen molar-refractivity contribution in [1.82, 2.24) is 20.0 Å². The molecule has 2 aliphatic heterocycles. The fraction of sp³-hybridized carbons (Fsp3) is 0.389. The van der Waals surface area contributed by atoms with Crippen molar-refractivity contribution < 1.29 is 14.3 Å². The van der Waals surface area contributed by atoms with Gasteiger partial charge in [0.25, 0.3) is 0 Å². The number of amides is 2. The highest BCUT2D eigenvalue weighted by Crippen LogP contribution is 2.37. The molecule has 0 bridgehead atoms. The topological polar surface area (TPSA) is 76.5 Å². The lowest BCUT2D eigenvalue weighted by Crippen LogP contribution is -2.67. The summed E-state index contributed by atoms with van der Waals surface area (Å²) in [4.78, 5) is 26.4. The molecule has 0 spiro atoms. The molecule has 0 saturated carbocycles. The van der Waals surface area contributed by atoms with E-state index in [1.807, 2.05) is 30.3 Å². The van der Waals surface area contributed by atoms with Crippen LogP contribution < -0.4 is 5.32 Å². The average Bonchev–Trinajstić information content (AvgIpc) is 3.15. The van der Waals surface area contributed by atoms with Crippen molar-refractivity contribution in [2.75, 3.05) is 19.7 Å². The minimum Gasteiger partial charge on any atom is -0.364 e. The molecule has 2 fully saturated rings. The molecule has 7 heteroatoms. The number of rotatable bonds is 3. The van der Waals surface area contributed by atoms with Gasteiger partial charge in [-0.2, -0.15) is 5.10 Å². The van der Waals surface area contributed by atoms with Gasteiger partial charge in [0.1, 0.15) is 19.3 Å². The molecule has 1 aromatic carbocycles. The van der Waals surface area contributed by atoms with Gasteiger partial charge in [0, 0.05) is 25.5 Å². The Morgan fingerprint density at radius 2 is 2.16 bits per heavy atom. The third kappa shape index (κ3) is 2.91. The summed E-state index contributed by atoms with van der Waals surface area (Å²) < 4.78 is 7.46. The van der Waals surface area contributed by atoms with Crippen molar-refractivity contribution in [3.05, 3.63) is 54.4 Å². The lowest BCUT2D eigenvalue weighted by atomic mass is 9.77. The minimum absolute atomic E-state index is 0.00543. The van der Waals surface area contributed by atoms with Gasteiger partial charge in [0.05, 0.1) is 5.54 Å². The van der Waals surface area contributed by atoms with Crippen LogP contribution in [0.15, 0.2) is 48.8 Å². The normalized spacial score (nSPS) is 26.0. The first-order chi connectivity index (χ1) is 12.2. The standard InChI is InChI=1S/C18H20N4O3/c23-16-13-25-15-11-21(17(24)12-22-9-4-8-19-22)10-7-18(15,20-16)14-5-2-1-3-6-14/h1-6,8-9,15H,7,10-13H2,(H,20,23)/t15-,18+/m1/s1. The number of hydrogen-bond acceptors (Lipinski definition) is 4. The van der Waals surface area contributed by atoms with Gasteiger partial charge in [-0.25, -0.2) is 0 Å². The van der Waals surface area contributed by atoms with E-state index in [9.17, 15) is 9.59 Å². The zero-order chi connectivity index (χ0) is 17.3. The SMILES string of the molecule is O=C1CO[C@@H]2CN(C(=O)Cn3cccn3)CC[C@@]2(c2ccccc2)N1. The van der Waals surface area contributed by atoms with Gasteiger partial charge in [-0.15, -0.1) is 0 Å². The van der Waals surface area contributed by atoms with Crippen molar-refractivity contribution in [2.24, 2.45) is 0 Å². The molecular formula is C18H20N4O3. The van der Waals surface area contributed by atoms with Crippen LogP contribution >= 0.6 is 0 Å². The number of nitrogens with zero attached hydrogens (tertiary/aromatic N) is 3. The molecule has 130 valence electrons. The fourth-order valence-corrected chi connectivity index (χ4v) is 3.72. The second kappa shape index (κ2) is 6.33. The molecule has 1 N–H and O–H groups in total. The molecule has 0 radical (unpaired) electrons. The van der Waals surface area contributed by atoms with Crippen molar-refractivity contribution in [2.45, 2.75) is 24.6 Å². The number of likely N-dealkylation sites (tertiary alicyclic amines) is 1. The third-order valence-electron chi connectivity index (χ3n) is 4.99. The summed E-state index contributed by atoms with van der Waals surface area (Å²) in [5, 5.41) is 7.22. The number of carbonyl (C=O) groups is 2. The molecule has 0 unspecified atom stereocenters. The predicted molar refractivity (Wildman–Crippen MR) is 89.4 cm³/mol. The predicted octanol–water partition coefficient (Wildman–Crippen LogP) is 0.526. The number of carbonyl (C=O) groups excluding carboxylic acids is 2. The molecule has 2 aromatic rings. The van der Waals surface area contributed by atoms with Gasteiger partial charge in [-0.3, -0.25) is 14.3 Å². The van der Waals surface area contributed by atoms with E-state index in [-0.39, 0.29) is 31.1 Å². The second-order valence-electron chi connectivity index (χ2n) is 6.48. The molecule has 1 aromatic heterocycles. The van der Waals surface area contributed by atoms with Crippen LogP contribution in [-0.4, -0.2) is 52.3 Å². The summed E-state index contributed by atoms with van der Waals surface area (Å²) in [5.74, 6) is -0.109. The average molecular weight is 340 g/mol. The first kappa shape index (κ1) is 15.8. The van der Waals surface area contributed by atoms with Crippen molar-refractivity contribution in [1.29, 1.82) is 0 Å². The highest BCUT2D eigenvalue weighted by Gasteiger charge is 2.49. The van der Waals surface area contributed by atoms with E-state index in [4.69, 9.17) is 4.74 Å². The minimum atomic E-state index is -0.570. The molecule has 2 saturated heterocycles. The molecular weight excluding hydrogens is 320 g/mol. The summed E-state index contributed by atoms with van der Waals surface area (Å²) in [6.45, 7) is 1.26. The van der Waals surface area contributed by atoms with E-state index in [0.717, 1.165) is 5.56 Å². The summed E-state index contributed by atoms with van der Waals surface area (Å²) in [6.07, 6.45) is 3.79.